The van der Waals surface area contributed by atoms with Crippen LogP contribution in [0.4, 0.5) is 0 Å². The fourth-order valence-corrected chi connectivity index (χ4v) is 5.17. The number of carbonyl (C=O) groups is 1. The van der Waals surface area contributed by atoms with Crippen LogP contribution in [0.5, 0.6) is 0 Å². The maximum absolute atomic E-state index is 12.3. The number of aliphatic hydroxyl groups excluding tert-OH is 2. The summed E-state index contributed by atoms with van der Waals surface area (Å²) in [4.78, 5) is 12.3. The highest BCUT2D eigenvalue weighted by Gasteiger charge is 2.17. The molecule has 3 N–H and O–H groups in total. The molecule has 0 bridgehead atoms. The van der Waals surface area contributed by atoms with Gasteiger partial charge in [-0.1, -0.05) is 154 Å². The van der Waals surface area contributed by atoms with E-state index in [0.29, 0.717) is 6.42 Å². The molecule has 2 unspecified atom stereocenters. The lowest BCUT2D eigenvalue weighted by Crippen LogP contribution is -2.45. The SMILES string of the molecule is CCCCCCCC/C=C\CCCCCC(=O)NC(CO)C(O)/C=C/CCCCCCCCCCCCCCC. The van der Waals surface area contributed by atoms with Gasteiger partial charge in [-0.3, -0.25) is 4.79 Å². The van der Waals surface area contributed by atoms with Crippen LogP contribution in [0.25, 0.3) is 0 Å². The van der Waals surface area contributed by atoms with Gasteiger partial charge in [0.15, 0.2) is 0 Å². The van der Waals surface area contributed by atoms with E-state index < -0.39 is 12.1 Å². The average Bonchev–Trinajstić information content (AvgIpc) is 2.96. The first-order chi connectivity index (χ1) is 19.7. The summed E-state index contributed by atoms with van der Waals surface area (Å²) in [6, 6.07) is -0.625. The maximum Gasteiger partial charge on any atom is 0.220 e. The van der Waals surface area contributed by atoms with Gasteiger partial charge in [0.2, 0.25) is 5.91 Å². The normalized spacial score (nSPS) is 13.4. The van der Waals surface area contributed by atoms with Crippen molar-refractivity contribution in [3.63, 3.8) is 0 Å². The monoisotopic (exact) mass is 564 g/mol. The van der Waals surface area contributed by atoms with Crippen molar-refractivity contribution in [1.29, 1.82) is 0 Å². The Balaban J connectivity index is 3.66. The molecule has 0 aliphatic heterocycles. The second kappa shape index (κ2) is 32.4. The Kier molecular flexibility index (Phi) is 31.5. The molecule has 0 aromatic rings. The third-order valence-electron chi connectivity index (χ3n) is 7.93. The Labute approximate surface area is 249 Å². The zero-order valence-electron chi connectivity index (χ0n) is 26.9. The lowest BCUT2D eigenvalue weighted by molar-refractivity contribution is -0.123. The van der Waals surface area contributed by atoms with Crippen molar-refractivity contribution in [3.8, 4) is 0 Å². The third-order valence-corrected chi connectivity index (χ3v) is 7.93. The summed E-state index contributed by atoms with van der Waals surface area (Å²) in [5.74, 6) is -0.0818. The van der Waals surface area contributed by atoms with Crippen LogP contribution in [0.2, 0.25) is 0 Å². The first-order valence-electron chi connectivity index (χ1n) is 17.6. The summed E-state index contributed by atoms with van der Waals surface area (Å²) in [5, 5.41) is 22.8. The van der Waals surface area contributed by atoms with Crippen LogP contribution in [-0.4, -0.2) is 34.9 Å². The van der Waals surface area contributed by atoms with E-state index in [0.717, 1.165) is 38.5 Å². The van der Waals surface area contributed by atoms with E-state index in [1.54, 1.807) is 6.08 Å². The number of hydrogen-bond donors (Lipinski definition) is 3. The molecule has 0 aromatic carbocycles. The summed E-state index contributed by atoms with van der Waals surface area (Å²) < 4.78 is 0. The van der Waals surface area contributed by atoms with Crippen molar-refractivity contribution in [2.75, 3.05) is 6.61 Å². The Morgan fingerprint density at radius 3 is 1.38 bits per heavy atom. The van der Waals surface area contributed by atoms with Gasteiger partial charge < -0.3 is 15.5 Å². The highest BCUT2D eigenvalue weighted by molar-refractivity contribution is 5.76. The van der Waals surface area contributed by atoms with E-state index in [4.69, 9.17) is 0 Å². The van der Waals surface area contributed by atoms with Crippen molar-refractivity contribution in [1.82, 2.24) is 5.32 Å². The highest BCUT2D eigenvalue weighted by Crippen LogP contribution is 2.13. The molecule has 4 nitrogen and oxygen atoms in total. The number of aliphatic hydroxyl groups is 2. The molecular formula is C36H69NO3. The second-order valence-electron chi connectivity index (χ2n) is 11.9. The Morgan fingerprint density at radius 2 is 0.950 bits per heavy atom. The maximum atomic E-state index is 12.3. The predicted molar refractivity (Wildman–Crippen MR) is 175 cm³/mol. The largest absolute Gasteiger partial charge is 0.394 e. The predicted octanol–water partition coefficient (Wildman–Crippen LogP) is 10.1. The molecule has 0 radical (unpaired) electrons. The minimum Gasteiger partial charge on any atom is -0.394 e. The van der Waals surface area contributed by atoms with Crippen molar-refractivity contribution < 1.29 is 15.0 Å². The number of unbranched alkanes of at least 4 members (excludes halogenated alkanes) is 22. The van der Waals surface area contributed by atoms with Gasteiger partial charge in [0.05, 0.1) is 18.8 Å². The van der Waals surface area contributed by atoms with Crippen LogP contribution in [0.3, 0.4) is 0 Å². The third kappa shape index (κ3) is 28.4. The van der Waals surface area contributed by atoms with Gasteiger partial charge >= 0.3 is 0 Å². The number of amides is 1. The summed E-state index contributed by atoms with van der Waals surface area (Å²) in [6.45, 7) is 4.28. The smallest absolute Gasteiger partial charge is 0.220 e. The molecule has 1 amide bonds. The van der Waals surface area contributed by atoms with Gasteiger partial charge in [-0.15, -0.1) is 0 Å². The Hall–Kier alpha value is -1.13. The van der Waals surface area contributed by atoms with Gasteiger partial charge in [-0.25, -0.2) is 0 Å². The van der Waals surface area contributed by atoms with Gasteiger partial charge in [0.25, 0.3) is 0 Å². The van der Waals surface area contributed by atoms with Gasteiger partial charge in [-0.2, -0.15) is 0 Å². The number of allylic oxidation sites excluding steroid dienone is 3. The van der Waals surface area contributed by atoms with E-state index in [-0.39, 0.29) is 12.5 Å². The van der Waals surface area contributed by atoms with Crippen molar-refractivity contribution in [2.24, 2.45) is 0 Å². The molecule has 0 saturated carbocycles. The second-order valence-corrected chi connectivity index (χ2v) is 11.9. The van der Waals surface area contributed by atoms with Crippen LogP contribution >= 0.6 is 0 Å². The topological polar surface area (TPSA) is 69.6 Å². The summed E-state index contributed by atoms with van der Waals surface area (Å²) in [6.07, 6.45) is 39.7. The lowest BCUT2D eigenvalue weighted by Gasteiger charge is -2.19. The molecule has 0 aromatic heterocycles. The first kappa shape index (κ1) is 38.9. The Bertz CT molecular complexity index is 574. The van der Waals surface area contributed by atoms with Gasteiger partial charge in [0, 0.05) is 6.42 Å². The van der Waals surface area contributed by atoms with E-state index in [2.05, 4.69) is 31.3 Å². The lowest BCUT2D eigenvalue weighted by atomic mass is 10.0. The Morgan fingerprint density at radius 1 is 0.575 bits per heavy atom. The van der Waals surface area contributed by atoms with Gasteiger partial charge in [-0.05, 0) is 44.9 Å². The molecule has 40 heavy (non-hydrogen) atoms. The first-order valence-corrected chi connectivity index (χ1v) is 17.6. The fraction of sp³-hybridized carbons (Fsp3) is 0.861. The molecule has 0 aliphatic rings. The zero-order valence-corrected chi connectivity index (χ0v) is 26.9. The molecule has 0 saturated heterocycles. The number of carbonyl (C=O) groups excluding carboxylic acids is 1. The molecule has 2 atom stereocenters. The average molecular weight is 564 g/mol. The molecule has 0 fully saturated rings. The molecule has 236 valence electrons. The van der Waals surface area contributed by atoms with Crippen LogP contribution < -0.4 is 5.32 Å². The van der Waals surface area contributed by atoms with E-state index >= 15 is 0 Å². The van der Waals surface area contributed by atoms with Crippen molar-refractivity contribution in [3.05, 3.63) is 24.3 Å². The summed E-state index contributed by atoms with van der Waals surface area (Å²) >= 11 is 0. The summed E-state index contributed by atoms with van der Waals surface area (Å²) in [7, 11) is 0. The summed E-state index contributed by atoms with van der Waals surface area (Å²) in [5.41, 5.74) is 0. The zero-order chi connectivity index (χ0) is 29.4. The highest BCUT2D eigenvalue weighted by atomic mass is 16.3. The molecule has 0 rings (SSSR count). The number of nitrogens with one attached hydrogen (secondary N) is 1. The van der Waals surface area contributed by atoms with Crippen molar-refractivity contribution >= 4 is 5.91 Å². The number of rotatable bonds is 31. The van der Waals surface area contributed by atoms with Crippen LogP contribution in [0, 0.1) is 0 Å². The minimum atomic E-state index is -0.840. The van der Waals surface area contributed by atoms with Gasteiger partial charge in [0.1, 0.15) is 0 Å². The quantitative estimate of drug-likeness (QED) is 0.0580. The van der Waals surface area contributed by atoms with E-state index in [1.165, 1.54) is 122 Å². The fourth-order valence-electron chi connectivity index (χ4n) is 5.17. The van der Waals surface area contributed by atoms with Crippen LogP contribution in [0.15, 0.2) is 24.3 Å². The van der Waals surface area contributed by atoms with Crippen molar-refractivity contribution in [2.45, 2.75) is 193 Å². The van der Waals surface area contributed by atoms with Crippen LogP contribution in [-0.2, 0) is 4.79 Å². The minimum absolute atomic E-state index is 0.0818. The molecular weight excluding hydrogens is 494 g/mol. The van der Waals surface area contributed by atoms with E-state index in [9.17, 15) is 15.0 Å². The van der Waals surface area contributed by atoms with E-state index in [1.807, 2.05) is 6.08 Å². The molecule has 0 spiro atoms. The standard InChI is InChI=1S/C36H69NO3/c1-3-5-7-9-11-13-15-17-18-20-21-23-25-27-29-31-35(39)34(33-38)37-36(40)32-30-28-26-24-22-19-16-14-12-10-8-6-4-2/h19,22,29,31,34-35,38-39H,3-18,20-21,23-28,30,32-33H2,1-2H3,(H,37,40)/b22-19-,31-29+. The molecule has 4 heteroatoms. The van der Waals surface area contributed by atoms with Crippen LogP contribution in [0.1, 0.15) is 181 Å². The molecule has 0 heterocycles. The number of hydrogen-bond acceptors (Lipinski definition) is 3. The molecule has 0 aliphatic carbocycles.